The van der Waals surface area contributed by atoms with Gasteiger partial charge >= 0.3 is 94.4 Å². The Hall–Kier alpha value is -2.25. The molecule has 1 aromatic rings. The fraction of sp³-hybridized carbons (Fsp3) is 0.438. The minimum absolute atomic E-state index is 0.0617. The maximum Gasteiger partial charge on any atom is 0.314 e. The summed E-state index contributed by atoms with van der Waals surface area (Å²) in [5, 5.41) is 18.8. The van der Waals surface area contributed by atoms with Gasteiger partial charge in [-0.1, -0.05) is 0 Å². The van der Waals surface area contributed by atoms with E-state index in [-0.39, 0.29) is 35.4 Å². The molecule has 0 aliphatic carbocycles. The SMILES string of the molecule is CC(=O)Nc1ccccc1[As](=O)(O)OO.CCOC(=O)C(CCC#N)C(F)F. The van der Waals surface area contributed by atoms with E-state index in [1.165, 1.54) is 25.1 Å². The Labute approximate surface area is 163 Å². The number of rotatable bonds is 8. The molecule has 2 atom stereocenters. The average Bonchev–Trinajstić information content (AvgIpc) is 2.62. The molecule has 1 rings (SSSR count). The molecule has 2 unspecified atom stereocenters. The molecular formula is C16H21AsF2N2O7. The van der Waals surface area contributed by atoms with Crippen LogP contribution in [-0.2, 0) is 21.9 Å². The zero-order valence-corrected chi connectivity index (χ0v) is 17.0. The number of ether oxygens (including phenoxy) is 1. The summed E-state index contributed by atoms with van der Waals surface area (Å²) < 4.78 is 52.9. The van der Waals surface area contributed by atoms with Crippen molar-refractivity contribution in [1.29, 1.82) is 5.26 Å². The molecule has 3 N–H and O–H groups in total. The van der Waals surface area contributed by atoms with Crippen molar-refractivity contribution in [2.45, 2.75) is 33.1 Å². The summed E-state index contributed by atoms with van der Waals surface area (Å²) in [6, 6.07) is 7.55. The first-order chi connectivity index (χ1) is 13.1. The van der Waals surface area contributed by atoms with Gasteiger partial charge in [0.25, 0.3) is 6.43 Å². The maximum absolute atomic E-state index is 12.2. The van der Waals surface area contributed by atoms with E-state index in [9.17, 15) is 26.2 Å². The van der Waals surface area contributed by atoms with Crippen LogP contribution in [0, 0.1) is 17.2 Å². The van der Waals surface area contributed by atoms with Crippen LogP contribution in [-0.4, -0.2) is 48.4 Å². The largest absolute Gasteiger partial charge is 0.466 e. The molecule has 0 radical (unpaired) electrons. The summed E-state index contributed by atoms with van der Waals surface area (Å²) in [6.07, 6.45) is -2.96. The number of hydrogen-bond donors (Lipinski definition) is 3. The smallest absolute Gasteiger partial charge is 0.314 e. The van der Waals surface area contributed by atoms with E-state index in [0.29, 0.717) is 0 Å². The molecular weight excluding hydrogens is 445 g/mol. The number of benzene rings is 1. The molecule has 0 bridgehead atoms. The third-order valence-electron chi connectivity index (χ3n) is 3.09. The maximum atomic E-state index is 12.2. The van der Waals surface area contributed by atoms with Crippen molar-refractivity contribution in [3.8, 4) is 6.07 Å². The number of nitriles is 1. The number of para-hydroxylation sites is 1. The predicted molar refractivity (Wildman–Crippen MR) is 93.7 cm³/mol. The van der Waals surface area contributed by atoms with Crippen molar-refractivity contribution >= 4 is 36.1 Å². The van der Waals surface area contributed by atoms with Gasteiger partial charge in [0.15, 0.2) is 0 Å². The zero-order valence-electron chi connectivity index (χ0n) is 15.2. The summed E-state index contributed by atoms with van der Waals surface area (Å²) in [7, 11) is 0. The third-order valence-corrected chi connectivity index (χ3v) is 5.65. The molecule has 9 nitrogen and oxygen atoms in total. The van der Waals surface area contributed by atoms with Crippen LogP contribution >= 0.6 is 0 Å². The Balaban J connectivity index is 0.000000528. The molecule has 0 saturated heterocycles. The Morgan fingerprint density at radius 1 is 1.36 bits per heavy atom. The normalized spacial score (nSPS) is 13.4. The van der Waals surface area contributed by atoms with E-state index < -0.39 is 32.5 Å². The van der Waals surface area contributed by atoms with Crippen molar-refractivity contribution < 1.29 is 40.1 Å². The number of carbonyl (C=O) groups excluding carboxylic acids is 2. The molecule has 0 fully saturated rings. The second-order valence-electron chi connectivity index (χ2n) is 5.19. The van der Waals surface area contributed by atoms with Crippen molar-refractivity contribution in [1.82, 2.24) is 0 Å². The fourth-order valence-electron chi connectivity index (χ4n) is 1.88. The number of halogens is 2. The molecule has 0 aliphatic heterocycles. The van der Waals surface area contributed by atoms with Crippen LogP contribution in [0.5, 0.6) is 0 Å². The van der Waals surface area contributed by atoms with Gasteiger partial charge in [0, 0.05) is 6.42 Å². The molecule has 0 aromatic heterocycles. The predicted octanol–water partition coefficient (Wildman–Crippen LogP) is 1.44. The number of alkyl halides is 2. The van der Waals surface area contributed by atoms with E-state index in [2.05, 4.69) is 13.9 Å². The summed E-state index contributed by atoms with van der Waals surface area (Å²) in [6.45, 7) is 2.89. The van der Waals surface area contributed by atoms with E-state index >= 15 is 0 Å². The molecule has 28 heavy (non-hydrogen) atoms. The number of hydrogen-bond acceptors (Lipinski definition) is 7. The van der Waals surface area contributed by atoms with Crippen LogP contribution in [0.1, 0.15) is 26.7 Å². The Morgan fingerprint density at radius 2 is 1.96 bits per heavy atom. The summed E-state index contributed by atoms with van der Waals surface area (Å²) in [5.41, 5.74) is 0.157. The second kappa shape index (κ2) is 13.0. The minimum Gasteiger partial charge on any atom is -0.466 e. The summed E-state index contributed by atoms with van der Waals surface area (Å²) in [4.78, 5) is 21.7. The van der Waals surface area contributed by atoms with Gasteiger partial charge in [0.2, 0.25) is 0 Å². The van der Waals surface area contributed by atoms with Crippen LogP contribution in [0.2, 0.25) is 0 Å². The fourth-order valence-corrected chi connectivity index (χ4v) is 3.55. The van der Waals surface area contributed by atoms with Gasteiger partial charge in [-0.25, -0.2) is 8.78 Å². The van der Waals surface area contributed by atoms with Gasteiger partial charge in [0.1, 0.15) is 5.92 Å². The second-order valence-corrected chi connectivity index (χ2v) is 8.73. The van der Waals surface area contributed by atoms with Crippen LogP contribution in [0.25, 0.3) is 0 Å². The molecule has 1 amide bonds. The first-order valence-electron chi connectivity index (χ1n) is 7.95. The molecule has 1 aromatic carbocycles. The quantitative estimate of drug-likeness (QED) is 0.226. The Bertz CT molecular complexity index is 740. The standard InChI is InChI=1S/C8H10AsNO5.C8H11F2NO2/c1-6(11)10-8-5-3-2-4-7(8)9(12,13)15-14;1-2-13-8(12)6(7(9)10)4-3-5-11/h2-5,14H,1H3,(H,10,11)(H,12,13);6-7H,2-4H2,1H3. The van der Waals surface area contributed by atoms with Gasteiger partial charge < -0.3 is 4.74 Å². The Morgan fingerprint density at radius 3 is 2.43 bits per heavy atom. The number of esters is 1. The van der Waals surface area contributed by atoms with Crippen molar-refractivity contribution in [3.05, 3.63) is 24.3 Å². The van der Waals surface area contributed by atoms with Crippen molar-refractivity contribution in [2.24, 2.45) is 5.92 Å². The van der Waals surface area contributed by atoms with Gasteiger partial charge in [-0.3, -0.25) is 4.79 Å². The van der Waals surface area contributed by atoms with Crippen LogP contribution in [0.4, 0.5) is 14.5 Å². The zero-order chi connectivity index (χ0) is 21.7. The van der Waals surface area contributed by atoms with Gasteiger partial charge in [0.05, 0.1) is 12.7 Å². The number of nitrogens with zero attached hydrogens (tertiary/aromatic N) is 1. The van der Waals surface area contributed by atoms with Crippen molar-refractivity contribution in [2.75, 3.05) is 11.9 Å². The Kier molecular flexibility index (Phi) is 12.0. The van der Waals surface area contributed by atoms with E-state index in [1.54, 1.807) is 19.1 Å². The van der Waals surface area contributed by atoms with Gasteiger partial charge in [-0.15, -0.1) is 0 Å². The van der Waals surface area contributed by atoms with Gasteiger partial charge in [-0.05, 0) is 13.3 Å². The number of carbonyl (C=O) groups is 2. The number of nitrogens with one attached hydrogen (secondary N) is 1. The van der Waals surface area contributed by atoms with Crippen LogP contribution in [0.15, 0.2) is 24.3 Å². The number of amides is 1. The van der Waals surface area contributed by atoms with E-state index in [1.807, 2.05) is 0 Å². The monoisotopic (exact) mass is 466 g/mol. The third kappa shape index (κ3) is 9.10. The first kappa shape index (κ1) is 25.7. The van der Waals surface area contributed by atoms with E-state index in [4.69, 9.17) is 10.5 Å². The van der Waals surface area contributed by atoms with Crippen LogP contribution < -0.4 is 9.67 Å². The number of anilines is 1. The molecule has 12 heteroatoms. The van der Waals surface area contributed by atoms with Crippen molar-refractivity contribution in [3.63, 3.8) is 0 Å². The molecule has 0 aliphatic rings. The molecule has 0 spiro atoms. The summed E-state index contributed by atoms with van der Waals surface area (Å²) >= 11 is -4.92. The molecule has 156 valence electrons. The first-order valence-corrected chi connectivity index (χ1v) is 11.3. The van der Waals surface area contributed by atoms with Gasteiger partial charge in [-0.2, -0.15) is 5.26 Å². The topological polar surface area (TPSA) is 146 Å². The van der Waals surface area contributed by atoms with E-state index in [0.717, 1.165) is 0 Å². The average molecular weight is 466 g/mol. The molecule has 0 heterocycles. The molecule has 0 saturated carbocycles. The minimum atomic E-state index is -4.92. The summed E-state index contributed by atoms with van der Waals surface area (Å²) in [5.74, 6) is -2.76. The van der Waals surface area contributed by atoms with Crippen LogP contribution in [0.3, 0.4) is 0 Å².